The predicted octanol–water partition coefficient (Wildman–Crippen LogP) is 1.94. The Kier molecular flexibility index (Phi) is 3.42. The van der Waals surface area contributed by atoms with Crippen molar-refractivity contribution in [1.82, 2.24) is 15.0 Å². The molecule has 0 saturated heterocycles. The Morgan fingerprint density at radius 1 is 1.27 bits per heavy atom. The van der Waals surface area contributed by atoms with Crippen molar-refractivity contribution in [2.45, 2.75) is 0 Å². The quantitative estimate of drug-likeness (QED) is 0.764. The molecule has 2 aromatic heterocycles. The van der Waals surface area contributed by atoms with E-state index in [1.165, 1.54) is 13.3 Å². The maximum absolute atomic E-state index is 12.1. The van der Waals surface area contributed by atoms with Gasteiger partial charge in [-0.2, -0.15) is 5.26 Å². The number of rotatable bonds is 3. The monoisotopic (exact) mass is 293 g/mol. The average Bonchev–Trinajstić information content (AvgIpc) is 2.55. The lowest BCUT2D eigenvalue weighted by Crippen LogP contribution is -2.12. The van der Waals surface area contributed by atoms with Crippen molar-refractivity contribution in [2.24, 2.45) is 0 Å². The molecule has 108 valence electrons. The first kappa shape index (κ1) is 13.6. The van der Waals surface area contributed by atoms with Gasteiger partial charge in [0.25, 0.3) is 5.56 Å². The molecule has 0 aliphatic heterocycles. The lowest BCUT2D eigenvalue weighted by atomic mass is 10.2. The minimum Gasteiger partial charge on any atom is -0.479 e. The highest BCUT2D eigenvalue weighted by Gasteiger charge is 2.09. The van der Waals surface area contributed by atoms with Crippen LogP contribution in [-0.2, 0) is 0 Å². The molecule has 0 unspecified atom stereocenters. The van der Waals surface area contributed by atoms with Gasteiger partial charge in [-0.15, -0.1) is 0 Å². The standard InChI is InChI=1S/C15H11N5O2/c1-22-14-12-11(6-7-17-14)13(21)20-15(19-12)18-10-4-2-9(8-16)3-5-10/h2-7H,1H3,(H2,18,19,20,21). The summed E-state index contributed by atoms with van der Waals surface area (Å²) in [5.74, 6) is 0.556. The lowest BCUT2D eigenvalue weighted by molar-refractivity contribution is 0.402. The van der Waals surface area contributed by atoms with Gasteiger partial charge in [0.1, 0.15) is 5.52 Å². The summed E-state index contributed by atoms with van der Waals surface area (Å²) in [6, 6.07) is 10.4. The molecule has 0 fully saturated rings. The number of benzene rings is 1. The third-order valence-corrected chi connectivity index (χ3v) is 3.06. The number of ether oxygens (including phenoxy) is 1. The number of hydrogen-bond acceptors (Lipinski definition) is 6. The van der Waals surface area contributed by atoms with Crippen LogP contribution >= 0.6 is 0 Å². The van der Waals surface area contributed by atoms with E-state index in [9.17, 15) is 4.79 Å². The minimum atomic E-state index is -0.290. The van der Waals surface area contributed by atoms with Gasteiger partial charge in [0, 0.05) is 11.9 Å². The fourth-order valence-corrected chi connectivity index (χ4v) is 2.01. The highest BCUT2D eigenvalue weighted by atomic mass is 16.5. The van der Waals surface area contributed by atoms with Crippen LogP contribution in [0, 0.1) is 11.3 Å². The van der Waals surface area contributed by atoms with Gasteiger partial charge in [0.2, 0.25) is 11.8 Å². The van der Waals surface area contributed by atoms with Crippen molar-refractivity contribution in [3.63, 3.8) is 0 Å². The first-order chi connectivity index (χ1) is 10.7. The molecule has 1 aromatic carbocycles. The maximum atomic E-state index is 12.1. The number of methoxy groups -OCH3 is 1. The van der Waals surface area contributed by atoms with E-state index < -0.39 is 0 Å². The Hall–Kier alpha value is -3.40. The van der Waals surface area contributed by atoms with Gasteiger partial charge >= 0.3 is 0 Å². The van der Waals surface area contributed by atoms with Crippen LogP contribution in [0.5, 0.6) is 5.88 Å². The molecule has 3 rings (SSSR count). The molecule has 7 heteroatoms. The fraction of sp³-hybridized carbons (Fsp3) is 0.0667. The fourth-order valence-electron chi connectivity index (χ4n) is 2.01. The molecule has 3 aromatic rings. The van der Waals surface area contributed by atoms with Gasteiger partial charge in [-0.3, -0.25) is 9.78 Å². The number of nitriles is 1. The second-order valence-electron chi connectivity index (χ2n) is 4.45. The number of H-pyrrole nitrogens is 1. The molecule has 7 nitrogen and oxygen atoms in total. The number of hydrogen-bond donors (Lipinski definition) is 2. The summed E-state index contributed by atoms with van der Waals surface area (Å²) in [6.07, 6.45) is 1.49. The van der Waals surface area contributed by atoms with Crippen molar-refractivity contribution in [3.05, 3.63) is 52.4 Å². The van der Waals surface area contributed by atoms with Gasteiger partial charge < -0.3 is 10.1 Å². The van der Waals surface area contributed by atoms with Crippen molar-refractivity contribution in [2.75, 3.05) is 12.4 Å². The molecule has 2 N–H and O–H groups in total. The molecule has 0 atom stereocenters. The van der Waals surface area contributed by atoms with Gasteiger partial charge in [0.15, 0.2) is 0 Å². The maximum Gasteiger partial charge on any atom is 0.260 e. The van der Waals surface area contributed by atoms with E-state index in [0.717, 1.165) is 0 Å². The Morgan fingerprint density at radius 2 is 2.05 bits per heavy atom. The lowest BCUT2D eigenvalue weighted by Gasteiger charge is -2.08. The minimum absolute atomic E-state index is 0.272. The second kappa shape index (κ2) is 5.54. The van der Waals surface area contributed by atoms with Crippen molar-refractivity contribution in [1.29, 1.82) is 5.26 Å². The van der Waals surface area contributed by atoms with Crippen LogP contribution in [0.15, 0.2) is 41.3 Å². The zero-order valence-electron chi connectivity index (χ0n) is 11.6. The van der Waals surface area contributed by atoms with Gasteiger partial charge in [-0.25, -0.2) is 9.97 Å². The highest BCUT2D eigenvalue weighted by molar-refractivity contribution is 5.83. The van der Waals surface area contributed by atoms with Crippen LogP contribution in [0.25, 0.3) is 10.9 Å². The van der Waals surface area contributed by atoms with E-state index in [4.69, 9.17) is 10.00 Å². The predicted molar refractivity (Wildman–Crippen MR) is 81.2 cm³/mol. The van der Waals surface area contributed by atoms with Crippen molar-refractivity contribution in [3.8, 4) is 11.9 Å². The SMILES string of the molecule is COc1nccc2c(=O)[nH]c(Nc3ccc(C#N)cc3)nc12. The molecule has 0 saturated carbocycles. The molecule has 22 heavy (non-hydrogen) atoms. The summed E-state index contributed by atoms with van der Waals surface area (Å²) < 4.78 is 5.13. The number of nitrogens with one attached hydrogen (secondary N) is 2. The molecule has 0 amide bonds. The second-order valence-corrected chi connectivity index (χ2v) is 4.45. The van der Waals surface area contributed by atoms with Crippen molar-refractivity contribution >= 4 is 22.5 Å². The van der Waals surface area contributed by atoms with E-state index >= 15 is 0 Å². The van der Waals surface area contributed by atoms with E-state index in [1.54, 1.807) is 30.3 Å². The number of pyridine rings is 1. The third-order valence-electron chi connectivity index (χ3n) is 3.06. The van der Waals surface area contributed by atoms with Gasteiger partial charge in [-0.1, -0.05) is 0 Å². The van der Waals surface area contributed by atoms with E-state index in [1.807, 2.05) is 6.07 Å². The molecular formula is C15H11N5O2. The van der Waals surface area contributed by atoms with Crippen LogP contribution in [0.4, 0.5) is 11.6 Å². The Bertz CT molecular complexity index is 925. The van der Waals surface area contributed by atoms with Crippen LogP contribution in [-0.4, -0.2) is 22.1 Å². The molecular weight excluding hydrogens is 282 g/mol. The zero-order chi connectivity index (χ0) is 15.5. The third kappa shape index (κ3) is 2.45. The van der Waals surface area contributed by atoms with Gasteiger partial charge in [0.05, 0.1) is 24.1 Å². The molecule has 0 radical (unpaired) electrons. The highest BCUT2D eigenvalue weighted by Crippen LogP contribution is 2.20. The van der Waals surface area contributed by atoms with E-state index in [0.29, 0.717) is 22.2 Å². The number of nitrogens with zero attached hydrogens (tertiary/aromatic N) is 3. The number of aromatic amines is 1. The summed E-state index contributed by atoms with van der Waals surface area (Å²) in [5, 5.41) is 12.2. The van der Waals surface area contributed by atoms with Crippen LogP contribution in [0.2, 0.25) is 0 Å². The first-order valence-corrected chi connectivity index (χ1v) is 6.41. The molecule has 0 bridgehead atoms. The average molecular weight is 293 g/mol. The summed E-state index contributed by atoms with van der Waals surface area (Å²) in [7, 11) is 1.47. The number of anilines is 2. The normalized spacial score (nSPS) is 10.2. The first-order valence-electron chi connectivity index (χ1n) is 6.41. The number of aromatic nitrogens is 3. The topological polar surface area (TPSA) is 104 Å². The van der Waals surface area contributed by atoms with Crippen molar-refractivity contribution < 1.29 is 4.74 Å². The summed E-state index contributed by atoms with van der Waals surface area (Å²) >= 11 is 0. The van der Waals surface area contributed by atoms with Crippen LogP contribution < -0.4 is 15.6 Å². The molecule has 0 aliphatic rings. The van der Waals surface area contributed by atoms with Crippen LogP contribution in [0.1, 0.15) is 5.56 Å². The summed E-state index contributed by atoms with van der Waals surface area (Å²) in [5.41, 5.74) is 1.34. The summed E-state index contributed by atoms with van der Waals surface area (Å²) in [6.45, 7) is 0. The molecule has 0 spiro atoms. The zero-order valence-corrected chi connectivity index (χ0v) is 11.6. The number of fused-ring (bicyclic) bond motifs is 1. The van der Waals surface area contributed by atoms with E-state index in [2.05, 4.69) is 20.3 Å². The van der Waals surface area contributed by atoms with Gasteiger partial charge in [-0.05, 0) is 30.3 Å². The largest absolute Gasteiger partial charge is 0.479 e. The smallest absolute Gasteiger partial charge is 0.260 e. The molecule has 0 aliphatic carbocycles. The summed E-state index contributed by atoms with van der Waals surface area (Å²) in [4.78, 5) is 23.1. The van der Waals surface area contributed by atoms with Crippen LogP contribution in [0.3, 0.4) is 0 Å². The Labute approximate surface area is 125 Å². The Balaban J connectivity index is 2.04. The Morgan fingerprint density at radius 3 is 2.73 bits per heavy atom. The van der Waals surface area contributed by atoms with E-state index in [-0.39, 0.29) is 17.4 Å². The molecule has 2 heterocycles.